The number of ether oxygens (including phenoxy) is 2. The number of nitrogens with two attached hydrogens (primary N) is 1. The van der Waals surface area contributed by atoms with E-state index < -0.39 is 5.60 Å². The lowest BCUT2D eigenvalue weighted by Crippen LogP contribution is -2.24. The summed E-state index contributed by atoms with van der Waals surface area (Å²) in [7, 11) is 1.55. The Kier molecular flexibility index (Phi) is 3.66. The molecule has 0 aliphatic carbocycles. The Hall–Kier alpha value is -1.71. The first-order valence-corrected chi connectivity index (χ1v) is 5.42. The normalized spacial score (nSPS) is 11.1. The van der Waals surface area contributed by atoms with Gasteiger partial charge in [0.15, 0.2) is 0 Å². The van der Waals surface area contributed by atoms with E-state index in [1.165, 1.54) is 0 Å². The Morgan fingerprint density at radius 1 is 1.29 bits per heavy atom. The third kappa shape index (κ3) is 3.37. The van der Waals surface area contributed by atoms with Gasteiger partial charge in [-0.15, -0.1) is 0 Å². The number of hydrogen-bond acceptors (Lipinski definition) is 4. The fourth-order valence-electron chi connectivity index (χ4n) is 1.53. The summed E-state index contributed by atoms with van der Waals surface area (Å²) in [4.78, 5) is 11.8. The first kappa shape index (κ1) is 13.4. The van der Waals surface area contributed by atoms with Crippen molar-refractivity contribution in [2.45, 2.75) is 33.3 Å². The van der Waals surface area contributed by atoms with Crippen LogP contribution < -0.4 is 10.5 Å². The monoisotopic (exact) mass is 237 g/mol. The van der Waals surface area contributed by atoms with Gasteiger partial charge in [0.2, 0.25) is 0 Å². The third-order valence-corrected chi connectivity index (χ3v) is 2.14. The van der Waals surface area contributed by atoms with Crippen LogP contribution in [0.4, 0.5) is 5.69 Å². The molecule has 0 unspecified atom stereocenters. The van der Waals surface area contributed by atoms with Gasteiger partial charge >= 0.3 is 5.97 Å². The van der Waals surface area contributed by atoms with Crippen LogP contribution in [0.2, 0.25) is 0 Å². The molecule has 0 saturated carbocycles. The molecule has 0 amide bonds. The van der Waals surface area contributed by atoms with Gasteiger partial charge < -0.3 is 15.2 Å². The number of esters is 1. The average Bonchev–Trinajstić information content (AvgIpc) is 2.14. The van der Waals surface area contributed by atoms with Crippen LogP contribution >= 0.6 is 0 Å². The molecule has 0 aliphatic rings. The minimum absolute atomic E-state index is 0.380. The van der Waals surface area contributed by atoms with E-state index >= 15 is 0 Å². The zero-order chi connectivity index (χ0) is 13.2. The van der Waals surface area contributed by atoms with Crippen LogP contribution in [0.25, 0.3) is 0 Å². The fraction of sp³-hybridized carbons (Fsp3) is 0.462. The minimum Gasteiger partial charge on any atom is -0.494 e. The van der Waals surface area contributed by atoms with Gasteiger partial charge in [0.25, 0.3) is 0 Å². The van der Waals surface area contributed by atoms with Crippen molar-refractivity contribution in [2.24, 2.45) is 0 Å². The Labute approximate surface area is 102 Å². The molecule has 2 N–H and O–H groups in total. The SMILES string of the molecule is COc1c(C)cc(C(=O)OC(C)(C)C)cc1N. The smallest absolute Gasteiger partial charge is 0.338 e. The van der Waals surface area contributed by atoms with Gasteiger partial charge in [0.1, 0.15) is 11.4 Å². The molecule has 0 saturated heterocycles. The largest absolute Gasteiger partial charge is 0.494 e. The molecule has 1 aromatic rings. The standard InChI is InChI=1S/C13H19NO3/c1-8-6-9(7-10(14)11(8)16-5)12(15)17-13(2,3)4/h6-7H,14H2,1-5H3. The number of carbonyl (C=O) groups excluding carboxylic acids is 1. The molecule has 4 heteroatoms. The summed E-state index contributed by atoms with van der Waals surface area (Å²) < 4.78 is 10.4. The minimum atomic E-state index is -0.514. The van der Waals surface area contributed by atoms with Crippen molar-refractivity contribution < 1.29 is 14.3 Å². The van der Waals surface area contributed by atoms with Crippen molar-refractivity contribution in [3.05, 3.63) is 23.3 Å². The second-order valence-electron chi connectivity index (χ2n) is 4.92. The van der Waals surface area contributed by atoms with Crippen molar-refractivity contribution in [3.8, 4) is 5.75 Å². The predicted molar refractivity (Wildman–Crippen MR) is 67.3 cm³/mol. The summed E-state index contributed by atoms with van der Waals surface area (Å²) in [5, 5.41) is 0. The summed E-state index contributed by atoms with van der Waals surface area (Å²) in [5.74, 6) is 0.215. The lowest BCUT2D eigenvalue weighted by molar-refractivity contribution is 0.00695. The van der Waals surface area contributed by atoms with E-state index in [0.717, 1.165) is 5.56 Å². The van der Waals surface area contributed by atoms with E-state index in [2.05, 4.69) is 0 Å². The molecule has 0 atom stereocenters. The molecule has 94 valence electrons. The fourth-order valence-corrected chi connectivity index (χ4v) is 1.53. The molecule has 0 spiro atoms. The number of carbonyl (C=O) groups is 1. The van der Waals surface area contributed by atoms with Crippen molar-refractivity contribution in [2.75, 3.05) is 12.8 Å². The van der Waals surface area contributed by atoms with Gasteiger partial charge in [-0.05, 0) is 45.4 Å². The van der Waals surface area contributed by atoms with Crippen molar-refractivity contribution in [3.63, 3.8) is 0 Å². The summed E-state index contributed by atoms with van der Waals surface area (Å²) in [6, 6.07) is 3.28. The molecule has 1 aromatic carbocycles. The van der Waals surface area contributed by atoms with Crippen LogP contribution in [-0.2, 0) is 4.74 Å². The number of anilines is 1. The quantitative estimate of drug-likeness (QED) is 0.634. The number of rotatable bonds is 2. The number of methoxy groups -OCH3 is 1. The molecular formula is C13H19NO3. The Morgan fingerprint density at radius 2 is 1.88 bits per heavy atom. The lowest BCUT2D eigenvalue weighted by atomic mass is 10.1. The molecule has 17 heavy (non-hydrogen) atoms. The van der Waals surface area contributed by atoms with Crippen LogP contribution in [0, 0.1) is 6.92 Å². The molecule has 0 heterocycles. The number of hydrogen-bond donors (Lipinski definition) is 1. The topological polar surface area (TPSA) is 61.5 Å². The highest BCUT2D eigenvalue weighted by molar-refractivity contribution is 5.91. The summed E-state index contributed by atoms with van der Waals surface area (Å²) in [5.41, 5.74) is 6.98. The maximum Gasteiger partial charge on any atom is 0.338 e. The van der Waals surface area contributed by atoms with Crippen molar-refractivity contribution in [1.29, 1.82) is 0 Å². The highest BCUT2D eigenvalue weighted by atomic mass is 16.6. The van der Waals surface area contributed by atoms with Gasteiger partial charge in [-0.1, -0.05) is 0 Å². The number of benzene rings is 1. The molecule has 1 rings (SSSR count). The van der Waals surface area contributed by atoms with E-state index in [4.69, 9.17) is 15.2 Å². The van der Waals surface area contributed by atoms with Gasteiger partial charge in [-0.3, -0.25) is 0 Å². The molecule has 0 bridgehead atoms. The second-order valence-corrected chi connectivity index (χ2v) is 4.92. The van der Waals surface area contributed by atoms with Crippen LogP contribution in [-0.4, -0.2) is 18.7 Å². The Morgan fingerprint density at radius 3 is 2.29 bits per heavy atom. The van der Waals surface area contributed by atoms with E-state index in [1.807, 2.05) is 27.7 Å². The van der Waals surface area contributed by atoms with Crippen LogP contribution in [0.15, 0.2) is 12.1 Å². The summed E-state index contributed by atoms with van der Waals surface area (Å²) >= 11 is 0. The highest BCUT2D eigenvalue weighted by Crippen LogP contribution is 2.28. The van der Waals surface area contributed by atoms with Gasteiger partial charge in [0, 0.05) is 0 Å². The second kappa shape index (κ2) is 4.65. The predicted octanol–water partition coefficient (Wildman–Crippen LogP) is 2.54. The van der Waals surface area contributed by atoms with Gasteiger partial charge in [-0.2, -0.15) is 0 Å². The molecule has 4 nitrogen and oxygen atoms in total. The summed E-state index contributed by atoms with van der Waals surface area (Å²) in [6.45, 7) is 7.31. The van der Waals surface area contributed by atoms with Crippen LogP contribution in [0.5, 0.6) is 5.75 Å². The molecule has 0 fully saturated rings. The molecule has 0 radical (unpaired) electrons. The maximum absolute atomic E-state index is 11.8. The molecule has 0 aromatic heterocycles. The Bertz CT molecular complexity index is 410. The molecule has 0 aliphatic heterocycles. The molecular weight excluding hydrogens is 218 g/mol. The van der Waals surface area contributed by atoms with E-state index in [-0.39, 0.29) is 5.97 Å². The Balaban J connectivity index is 3.05. The first-order valence-electron chi connectivity index (χ1n) is 5.42. The lowest BCUT2D eigenvalue weighted by Gasteiger charge is -2.20. The van der Waals surface area contributed by atoms with E-state index in [9.17, 15) is 4.79 Å². The third-order valence-electron chi connectivity index (χ3n) is 2.14. The van der Waals surface area contributed by atoms with Gasteiger partial charge in [0.05, 0.1) is 18.4 Å². The van der Waals surface area contributed by atoms with Gasteiger partial charge in [-0.25, -0.2) is 4.79 Å². The first-order chi connectivity index (χ1) is 7.74. The number of aryl methyl sites for hydroxylation is 1. The van der Waals surface area contributed by atoms with E-state index in [1.54, 1.807) is 19.2 Å². The zero-order valence-corrected chi connectivity index (χ0v) is 11.0. The number of nitrogen functional groups attached to an aromatic ring is 1. The van der Waals surface area contributed by atoms with Crippen molar-refractivity contribution >= 4 is 11.7 Å². The van der Waals surface area contributed by atoms with Crippen LogP contribution in [0.1, 0.15) is 36.7 Å². The highest BCUT2D eigenvalue weighted by Gasteiger charge is 2.19. The van der Waals surface area contributed by atoms with E-state index in [0.29, 0.717) is 17.0 Å². The van der Waals surface area contributed by atoms with Crippen LogP contribution in [0.3, 0.4) is 0 Å². The zero-order valence-electron chi connectivity index (χ0n) is 11.0. The summed E-state index contributed by atoms with van der Waals surface area (Å²) in [6.07, 6.45) is 0. The van der Waals surface area contributed by atoms with Crippen molar-refractivity contribution in [1.82, 2.24) is 0 Å². The maximum atomic E-state index is 11.8. The average molecular weight is 237 g/mol.